The largest absolute Gasteiger partial charge is 0.309 e. The first-order valence-corrected chi connectivity index (χ1v) is 12.6. The van der Waals surface area contributed by atoms with Crippen LogP contribution in [-0.2, 0) is 16.6 Å². The molecule has 0 radical (unpaired) electrons. The number of nitrogens with zero attached hydrogens (tertiary/aromatic N) is 5. The molecule has 4 aromatic rings. The first-order chi connectivity index (χ1) is 16.3. The molecule has 5 rings (SSSR count). The van der Waals surface area contributed by atoms with Gasteiger partial charge in [0.05, 0.1) is 23.3 Å². The summed E-state index contributed by atoms with van der Waals surface area (Å²) >= 11 is 0. The van der Waals surface area contributed by atoms with Crippen molar-refractivity contribution in [3.8, 4) is 5.69 Å². The Bertz CT molecular complexity index is 1500. The average molecular weight is 479 g/mol. The second-order valence-electron chi connectivity index (χ2n) is 8.59. The van der Waals surface area contributed by atoms with Crippen molar-refractivity contribution in [1.29, 1.82) is 0 Å². The third-order valence-electron chi connectivity index (χ3n) is 6.15. The summed E-state index contributed by atoms with van der Waals surface area (Å²) in [5, 5.41) is 4.77. The molecular weight excluding hydrogens is 452 g/mol. The molecule has 10 heteroatoms. The summed E-state index contributed by atoms with van der Waals surface area (Å²) in [6, 6.07) is 15.0. The highest BCUT2D eigenvalue weighted by atomic mass is 32.2. The lowest BCUT2D eigenvalue weighted by Crippen LogP contribution is -2.48. The van der Waals surface area contributed by atoms with E-state index < -0.39 is 10.0 Å². The highest BCUT2D eigenvalue weighted by molar-refractivity contribution is 7.89. The quantitative estimate of drug-likeness (QED) is 0.472. The minimum atomic E-state index is -3.55. The Balaban J connectivity index is 1.33. The molecule has 0 saturated carbocycles. The maximum atomic E-state index is 13.2. The lowest BCUT2D eigenvalue weighted by molar-refractivity contribution is 0.178. The van der Waals surface area contributed by atoms with Crippen LogP contribution in [0.1, 0.15) is 17.0 Å². The molecule has 3 heterocycles. The number of fused-ring (bicyclic) bond motifs is 1. The van der Waals surface area contributed by atoms with Crippen molar-refractivity contribution in [1.82, 2.24) is 29.0 Å². The van der Waals surface area contributed by atoms with Crippen LogP contribution in [0.2, 0.25) is 0 Å². The Morgan fingerprint density at radius 3 is 2.47 bits per heavy atom. The predicted molar refractivity (Wildman–Crippen MR) is 129 cm³/mol. The second kappa shape index (κ2) is 8.79. The number of aryl methyl sites for hydroxylation is 2. The number of rotatable bonds is 5. The van der Waals surface area contributed by atoms with E-state index in [9.17, 15) is 13.2 Å². The van der Waals surface area contributed by atoms with Gasteiger partial charge in [-0.2, -0.15) is 9.40 Å². The van der Waals surface area contributed by atoms with Gasteiger partial charge in [-0.1, -0.05) is 30.3 Å². The fourth-order valence-electron chi connectivity index (χ4n) is 4.26. The maximum absolute atomic E-state index is 13.2. The van der Waals surface area contributed by atoms with Gasteiger partial charge in [-0.05, 0) is 43.2 Å². The van der Waals surface area contributed by atoms with Crippen molar-refractivity contribution >= 4 is 21.1 Å². The van der Waals surface area contributed by atoms with Crippen LogP contribution in [0.5, 0.6) is 0 Å². The third-order valence-corrected chi connectivity index (χ3v) is 8.19. The first-order valence-electron chi connectivity index (χ1n) is 11.1. The summed E-state index contributed by atoms with van der Waals surface area (Å²) in [5.41, 5.74) is 2.76. The summed E-state index contributed by atoms with van der Waals surface area (Å²) < 4.78 is 29.6. The summed E-state index contributed by atoms with van der Waals surface area (Å²) in [5.74, 6) is 0.529. The Hall–Kier alpha value is -3.34. The van der Waals surface area contributed by atoms with E-state index in [4.69, 9.17) is 0 Å². The van der Waals surface area contributed by atoms with Crippen LogP contribution in [-0.4, -0.2) is 63.6 Å². The lowest BCUT2D eigenvalue weighted by atomic mass is 10.2. The van der Waals surface area contributed by atoms with Crippen LogP contribution in [0.25, 0.3) is 16.7 Å². The highest BCUT2D eigenvalue weighted by Gasteiger charge is 2.30. The maximum Gasteiger partial charge on any atom is 0.262 e. The number of sulfonamides is 1. The molecule has 0 bridgehead atoms. The summed E-state index contributed by atoms with van der Waals surface area (Å²) in [7, 11) is -3.55. The SMILES string of the molecule is Cc1ccc(C)c(S(=O)(=O)N2CCN(Cc3nc4c(cnn4-c4ccccc4)c(=O)[nH]3)CC2)c1. The van der Waals surface area contributed by atoms with E-state index in [0.29, 0.717) is 54.5 Å². The molecule has 0 spiro atoms. The van der Waals surface area contributed by atoms with Gasteiger partial charge < -0.3 is 4.98 Å². The zero-order valence-electron chi connectivity index (χ0n) is 19.1. The monoisotopic (exact) mass is 478 g/mol. The number of aromatic amines is 1. The van der Waals surface area contributed by atoms with E-state index in [0.717, 1.165) is 16.8 Å². The number of aromatic nitrogens is 4. The van der Waals surface area contributed by atoms with Crippen LogP contribution in [0.15, 0.2) is 64.4 Å². The van der Waals surface area contributed by atoms with Gasteiger partial charge in [-0.3, -0.25) is 9.69 Å². The van der Waals surface area contributed by atoms with Crippen LogP contribution in [0, 0.1) is 13.8 Å². The van der Waals surface area contributed by atoms with Gasteiger partial charge >= 0.3 is 0 Å². The van der Waals surface area contributed by atoms with Gasteiger partial charge in [0, 0.05) is 26.2 Å². The summed E-state index contributed by atoms with van der Waals surface area (Å²) in [6.07, 6.45) is 1.52. The Labute approximate surface area is 197 Å². The van der Waals surface area contributed by atoms with Crippen molar-refractivity contribution in [2.24, 2.45) is 0 Å². The fraction of sp³-hybridized carbons (Fsp3) is 0.292. The molecule has 1 N–H and O–H groups in total. The normalized spacial score (nSPS) is 15.7. The van der Waals surface area contributed by atoms with E-state index in [1.54, 1.807) is 10.7 Å². The molecule has 2 aromatic heterocycles. The number of H-pyrrole nitrogens is 1. The number of hydrogen-bond acceptors (Lipinski definition) is 6. The first kappa shape index (κ1) is 22.5. The Morgan fingerprint density at radius 1 is 1.00 bits per heavy atom. The minimum Gasteiger partial charge on any atom is -0.309 e. The standard InChI is InChI=1S/C24H26N6O3S/c1-17-8-9-18(2)21(14-17)34(32,33)29-12-10-28(11-13-29)16-22-26-23-20(24(31)27-22)15-25-30(23)19-6-4-3-5-7-19/h3-9,14-15H,10-13,16H2,1-2H3,(H,26,27,31). The number of piperazine rings is 1. The van der Waals surface area contributed by atoms with Crippen LogP contribution < -0.4 is 5.56 Å². The molecule has 0 unspecified atom stereocenters. The zero-order valence-corrected chi connectivity index (χ0v) is 19.9. The van der Waals surface area contributed by atoms with Crippen LogP contribution in [0.3, 0.4) is 0 Å². The van der Waals surface area contributed by atoms with E-state index in [1.165, 1.54) is 10.5 Å². The molecule has 1 saturated heterocycles. The second-order valence-corrected chi connectivity index (χ2v) is 10.5. The van der Waals surface area contributed by atoms with Gasteiger partial charge in [-0.15, -0.1) is 0 Å². The molecule has 176 valence electrons. The Morgan fingerprint density at radius 2 is 1.74 bits per heavy atom. The van der Waals surface area contributed by atoms with Crippen LogP contribution >= 0.6 is 0 Å². The number of para-hydroxylation sites is 1. The number of hydrogen-bond donors (Lipinski definition) is 1. The smallest absolute Gasteiger partial charge is 0.262 e. The van der Waals surface area contributed by atoms with E-state index >= 15 is 0 Å². The molecule has 0 aliphatic carbocycles. The van der Waals surface area contributed by atoms with E-state index in [-0.39, 0.29) is 5.56 Å². The zero-order chi connectivity index (χ0) is 23.9. The summed E-state index contributed by atoms with van der Waals surface area (Å²) in [4.78, 5) is 22.6. The lowest BCUT2D eigenvalue weighted by Gasteiger charge is -2.33. The molecule has 9 nitrogen and oxygen atoms in total. The number of nitrogens with one attached hydrogen (secondary N) is 1. The van der Waals surface area contributed by atoms with Crippen LogP contribution in [0.4, 0.5) is 0 Å². The average Bonchev–Trinajstić information content (AvgIpc) is 3.26. The summed E-state index contributed by atoms with van der Waals surface area (Å²) in [6.45, 7) is 5.98. The van der Waals surface area contributed by atoms with Crippen molar-refractivity contribution in [3.63, 3.8) is 0 Å². The molecule has 1 fully saturated rings. The fourth-order valence-corrected chi connectivity index (χ4v) is 5.99. The molecule has 34 heavy (non-hydrogen) atoms. The Kier molecular flexibility index (Phi) is 5.80. The van der Waals surface area contributed by atoms with E-state index in [1.807, 2.05) is 56.3 Å². The number of benzene rings is 2. The van der Waals surface area contributed by atoms with Gasteiger partial charge in [0.2, 0.25) is 10.0 Å². The van der Waals surface area contributed by atoms with Gasteiger partial charge in [-0.25, -0.2) is 18.1 Å². The van der Waals surface area contributed by atoms with Gasteiger partial charge in [0.15, 0.2) is 5.65 Å². The van der Waals surface area contributed by atoms with Gasteiger partial charge in [0.25, 0.3) is 5.56 Å². The molecular formula is C24H26N6O3S. The molecule has 0 amide bonds. The predicted octanol–water partition coefficient (Wildman–Crippen LogP) is 2.23. The van der Waals surface area contributed by atoms with E-state index in [2.05, 4.69) is 20.0 Å². The van der Waals surface area contributed by atoms with Gasteiger partial charge in [0.1, 0.15) is 11.2 Å². The molecule has 1 aliphatic rings. The molecule has 2 aromatic carbocycles. The third kappa shape index (κ3) is 4.15. The van der Waals surface area contributed by atoms with Crippen molar-refractivity contribution in [3.05, 3.63) is 82.0 Å². The topological polar surface area (TPSA) is 104 Å². The highest BCUT2D eigenvalue weighted by Crippen LogP contribution is 2.23. The van der Waals surface area contributed by atoms with Crippen molar-refractivity contribution in [2.45, 2.75) is 25.3 Å². The molecule has 1 aliphatic heterocycles. The molecule has 0 atom stereocenters. The minimum absolute atomic E-state index is 0.238. The van der Waals surface area contributed by atoms with Crippen molar-refractivity contribution < 1.29 is 8.42 Å². The van der Waals surface area contributed by atoms with Crippen molar-refractivity contribution in [2.75, 3.05) is 26.2 Å².